The van der Waals surface area contributed by atoms with Crippen LogP contribution in [0.5, 0.6) is 5.75 Å². The molecule has 0 aliphatic heterocycles. The molecule has 0 saturated heterocycles. The Hall–Kier alpha value is -1.87. The molecule has 0 aliphatic carbocycles. The number of hydrogen-bond acceptors (Lipinski definition) is 2. The normalized spacial score (nSPS) is 10.4. The van der Waals surface area contributed by atoms with Crippen molar-refractivity contribution in [2.24, 2.45) is 0 Å². The molecule has 4 heteroatoms. The summed E-state index contributed by atoms with van der Waals surface area (Å²) in [4.78, 5) is 12.0. The lowest BCUT2D eigenvalue weighted by Crippen LogP contribution is -2.12. The zero-order chi connectivity index (χ0) is 14.7. The van der Waals surface area contributed by atoms with E-state index in [1.54, 1.807) is 6.07 Å². The first kappa shape index (κ1) is 14.5. The minimum absolute atomic E-state index is 0.131. The van der Waals surface area contributed by atoms with Gasteiger partial charge in [-0.3, -0.25) is 4.79 Å². The Kier molecular flexibility index (Phi) is 4.40. The van der Waals surface area contributed by atoms with Gasteiger partial charge >= 0.3 is 0 Å². The van der Waals surface area contributed by atoms with Gasteiger partial charge in [-0.1, -0.05) is 23.7 Å². The molecule has 2 nitrogen and oxygen atoms in total. The van der Waals surface area contributed by atoms with Crippen LogP contribution in [0.2, 0.25) is 5.02 Å². The van der Waals surface area contributed by atoms with E-state index >= 15 is 0 Å². The van der Waals surface area contributed by atoms with E-state index in [-0.39, 0.29) is 17.4 Å². The van der Waals surface area contributed by atoms with Gasteiger partial charge in [0.2, 0.25) is 0 Å². The molecule has 0 amide bonds. The van der Waals surface area contributed by atoms with E-state index in [1.165, 1.54) is 12.1 Å². The minimum Gasteiger partial charge on any atom is -0.484 e. The molecule has 104 valence electrons. The lowest BCUT2D eigenvalue weighted by Gasteiger charge is -2.08. The van der Waals surface area contributed by atoms with Crippen molar-refractivity contribution in [1.82, 2.24) is 0 Å². The summed E-state index contributed by atoms with van der Waals surface area (Å²) in [7, 11) is 0. The molecular formula is C16H14ClFO2. The Labute approximate surface area is 122 Å². The maximum atomic E-state index is 12.9. The highest BCUT2D eigenvalue weighted by molar-refractivity contribution is 6.32. The lowest BCUT2D eigenvalue weighted by molar-refractivity contribution is 0.0921. The molecule has 0 aliphatic rings. The first-order valence-corrected chi connectivity index (χ1v) is 6.53. The fourth-order valence-corrected chi connectivity index (χ4v) is 1.96. The maximum Gasteiger partial charge on any atom is 0.200 e. The SMILES string of the molecule is Cc1ccc(C(=O)COc2ccc(F)cc2Cl)cc1C. The second-order valence-electron chi connectivity index (χ2n) is 4.59. The number of benzene rings is 2. The Balaban J connectivity index is 2.06. The predicted octanol–water partition coefficient (Wildman–Crippen LogP) is 4.36. The molecule has 0 aromatic heterocycles. The van der Waals surface area contributed by atoms with E-state index in [4.69, 9.17) is 16.3 Å². The van der Waals surface area contributed by atoms with Crippen LogP contribution in [0.25, 0.3) is 0 Å². The van der Waals surface area contributed by atoms with Gasteiger partial charge in [-0.2, -0.15) is 0 Å². The van der Waals surface area contributed by atoms with E-state index in [0.29, 0.717) is 11.3 Å². The van der Waals surface area contributed by atoms with Crippen molar-refractivity contribution >= 4 is 17.4 Å². The molecule has 0 fully saturated rings. The molecule has 0 bridgehead atoms. The molecule has 0 unspecified atom stereocenters. The molecular weight excluding hydrogens is 279 g/mol. The zero-order valence-electron chi connectivity index (χ0n) is 11.2. The van der Waals surface area contributed by atoms with Crippen LogP contribution in [-0.2, 0) is 0 Å². The molecule has 0 atom stereocenters. The van der Waals surface area contributed by atoms with Crippen LogP contribution in [0.15, 0.2) is 36.4 Å². The number of aryl methyl sites for hydroxylation is 2. The van der Waals surface area contributed by atoms with Crippen LogP contribution in [0.3, 0.4) is 0 Å². The summed E-state index contributed by atoms with van der Waals surface area (Å²) in [6, 6.07) is 9.28. The first-order chi connectivity index (χ1) is 9.47. The van der Waals surface area contributed by atoms with E-state index in [2.05, 4.69) is 0 Å². The Morgan fingerprint density at radius 2 is 1.90 bits per heavy atom. The van der Waals surface area contributed by atoms with Gasteiger partial charge in [0.05, 0.1) is 5.02 Å². The molecule has 2 aromatic rings. The van der Waals surface area contributed by atoms with Gasteiger partial charge in [-0.15, -0.1) is 0 Å². The smallest absolute Gasteiger partial charge is 0.200 e. The molecule has 2 rings (SSSR count). The Morgan fingerprint density at radius 1 is 1.15 bits per heavy atom. The molecule has 0 N–H and O–H groups in total. The highest BCUT2D eigenvalue weighted by Gasteiger charge is 2.10. The standard InChI is InChI=1S/C16H14ClFO2/c1-10-3-4-12(7-11(10)2)15(19)9-20-16-6-5-13(18)8-14(16)17/h3-8H,9H2,1-2H3. The summed E-state index contributed by atoms with van der Waals surface area (Å²) < 4.78 is 18.2. The van der Waals surface area contributed by atoms with Gasteiger partial charge in [-0.25, -0.2) is 4.39 Å². The lowest BCUT2D eigenvalue weighted by atomic mass is 10.0. The van der Waals surface area contributed by atoms with Crippen LogP contribution >= 0.6 is 11.6 Å². The van der Waals surface area contributed by atoms with Crippen molar-refractivity contribution < 1.29 is 13.9 Å². The molecule has 0 heterocycles. The van der Waals surface area contributed by atoms with Crippen molar-refractivity contribution in [2.45, 2.75) is 13.8 Å². The van der Waals surface area contributed by atoms with Crippen molar-refractivity contribution in [3.63, 3.8) is 0 Å². The van der Waals surface area contributed by atoms with Crippen LogP contribution in [0, 0.1) is 19.7 Å². The van der Waals surface area contributed by atoms with E-state index in [9.17, 15) is 9.18 Å². The molecule has 20 heavy (non-hydrogen) atoms. The fourth-order valence-electron chi connectivity index (χ4n) is 1.73. The molecule has 2 aromatic carbocycles. The molecule has 0 radical (unpaired) electrons. The number of halogens is 2. The van der Waals surface area contributed by atoms with E-state index < -0.39 is 5.82 Å². The third-order valence-corrected chi connectivity index (χ3v) is 3.38. The average molecular weight is 293 g/mol. The van der Waals surface area contributed by atoms with Crippen molar-refractivity contribution in [3.8, 4) is 5.75 Å². The topological polar surface area (TPSA) is 26.3 Å². The van der Waals surface area contributed by atoms with Gasteiger partial charge < -0.3 is 4.74 Å². The van der Waals surface area contributed by atoms with Crippen LogP contribution in [-0.4, -0.2) is 12.4 Å². The minimum atomic E-state index is -0.442. The monoisotopic (exact) mass is 292 g/mol. The Bertz CT molecular complexity index is 653. The number of Topliss-reactive ketones (excluding diaryl/α,β-unsaturated/α-hetero) is 1. The fraction of sp³-hybridized carbons (Fsp3) is 0.188. The van der Waals surface area contributed by atoms with Crippen molar-refractivity contribution in [3.05, 3.63) is 63.9 Å². The molecule has 0 spiro atoms. The summed E-state index contributed by atoms with van der Waals surface area (Å²) in [5.74, 6) is -0.290. The number of carbonyl (C=O) groups excluding carboxylic acids is 1. The highest BCUT2D eigenvalue weighted by atomic mass is 35.5. The van der Waals surface area contributed by atoms with Gasteiger partial charge in [0.1, 0.15) is 11.6 Å². The number of rotatable bonds is 4. The third-order valence-electron chi connectivity index (χ3n) is 3.08. The second-order valence-corrected chi connectivity index (χ2v) is 4.99. The number of ketones is 1. The van der Waals surface area contributed by atoms with Crippen LogP contribution in [0.1, 0.15) is 21.5 Å². The number of carbonyl (C=O) groups is 1. The summed E-state index contributed by atoms with van der Waals surface area (Å²) >= 11 is 5.83. The average Bonchev–Trinajstić information content (AvgIpc) is 2.40. The van der Waals surface area contributed by atoms with Crippen molar-refractivity contribution in [2.75, 3.05) is 6.61 Å². The van der Waals surface area contributed by atoms with Gasteiger partial charge in [0, 0.05) is 5.56 Å². The number of hydrogen-bond donors (Lipinski definition) is 0. The summed E-state index contributed by atoms with van der Waals surface area (Å²) in [5.41, 5.74) is 2.77. The molecule has 0 saturated carbocycles. The maximum absolute atomic E-state index is 12.9. The third kappa shape index (κ3) is 3.36. The first-order valence-electron chi connectivity index (χ1n) is 6.15. The highest BCUT2D eigenvalue weighted by Crippen LogP contribution is 2.25. The largest absolute Gasteiger partial charge is 0.484 e. The zero-order valence-corrected chi connectivity index (χ0v) is 12.0. The van der Waals surface area contributed by atoms with Crippen molar-refractivity contribution in [1.29, 1.82) is 0 Å². The summed E-state index contributed by atoms with van der Waals surface area (Å²) in [6.45, 7) is 3.80. The summed E-state index contributed by atoms with van der Waals surface area (Å²) in [5, 5.41) is 0.151. The Morgan fingerprint density at radius 3 is 2.55 bits per heavy atom. The second kappa shape index (κ2) is 6.06. The quantitative estimate of drug-likeness (QED) is 0.783. The number of ether oxygens (including phenoxy) is 1. The van der Waals surface area contributed by atoms with Gasteiger partial charge in [0.15, 0.2) is 12.4 Å². The van der Waals surface area contributed by atoms with Gasteiger partial charge in [-0.05, 0) is 49.2 Å². The summed E-state index contributed by atoms with van der Waals surface area (Å²) in [6.07, 6.45) is 0. The predicted molar refractivity (Wildman–Crippen MR) is 77.2 cm³/mol. The van der Waals surface area contributed by atoms with Gasteiger partial charge in [0.25, 0.3) is 0 Å². The van der Waals surface area contributed by atoms with Crippen LogP contribution < -0.4 is 4.74 Å². The van der Waals surface area contributed by atoms with E-state index in [0.717, 1.165) is 17.2 Å². The van der Waals surface area contributed by atoms with E-state index in [1.807, 2.05) is 26.0 Å². The van der Waals surface area contributed by atoms with Crippen LogP contribution in [0.4, 0.5) is 4.39 Å².